The van der Waals surface area contributed by atoms with Crippen molar-refractivity contribution in [2.24, 2.45) is 4.36 Å². The Morgan fingerprint density at radius 3 is 2.44 bits per heavy atom. The van der Waals surface area contributed by atoms with Crippen molar-refractivity contribution in [3.05, 3.63) is 54.1 Å². The number of carbonyl (C=O) groups is 1. The van der Waals surface area contributed by atoms with Gasteiger partial charge in [-0.1, -0.05) is 36.4 Å². The zero-order chi connectivity index (χ0) is 13.0. The fourth-order valence-corrected chi connectivity index (χ4v) is 1.88. The van der Waals surface area contributed by atoms with Gasteiger partial charge in [-0.3, -0.25) is 0 Å². The Labute approximate surface area is 107 Å². The number of benzene rings is 2. The van der Waals surface area contributed by atoms with Crippen LogP contribution < -0.4 is 0 Å². The van der Waals surface area contributed by atoms with Crippen molar-refractivity contribution in [1.82, 2.24) is 0 Å². The van der Waals surface area contributed by atoms with Gasteiger partial charge in [0.05, 0.1) is 11.3 Å². The molecule has 0 atom stereocenters. The molecule has 18 heavy (non-hydrogen) atoms. The molecule has 0 aliphatic heterocycles. The first-order chi connectivity index (χ1) is 8.72. The molecule has 0 aromatic heterocycles. The Balaban J connectivity index is 2.61. The van der Waals surface area contributed by atoms with Crippen molar-refractivity contribution in [2.45, 2.75) is 0 Å². The smallest absolute Gasteiger partial charge is 0.336 e. The van der Waals surface area contributed by atoms with Crippen molar-refractivity contribution in [1.29, 1.82) is 0 Å². The molecular weight excluding hydrogens is 250 g/mol. The van der Waals surface area contributed by atoms with Gasteiger partial charge < -0.3 is 5.11 Å². The van der Waals surface area contributed by atoms with E-state index in [2.05, 4.69) is 4.36 Å². The van der Waals surface area contributed by atoms with Crippen molar-refractivity contribution in [3.8, 4) is 11.1 Å². The van der Waals surface area contributed by atoms with E-state index in [1.807, 2.05) is 30.3 Å². The molecule has 0 unspecified atom stereocenters. The quantitative estimate of drug-likeness (QED) is 0.921. The number of nitrogens with zero attached hydrogens (tertiary/aromatic N) is 1. The molecule has 5 heteroatoms. The van der Waals surface area contributed by atoms with Crippen molar-refractivity contribution >= 4 is 23.1 Å². The van der Waals surface area contributed by atoms with Crippen LogP contribution in [0.4, 0.5) is 5.69 Å². The fourth-order valence-electron chi connectivity index (χ4n) is 1.68. The highest BCUT2D eigenvalue weighted by molar-refractivity contribution is 7.54. The Bertz CT molecular complexity index is 634. The standard InChI is InChI=1S/C13H9NO3S/c15-13(16)12-8-10(14-18-17)6-7-11(12)9-4-2-1-3-5-9/h1-8H,(H,15,16). The monoisotopic (exact) mass is 259 g/mol. The minimum absolute atomic E-state index is 0.0589. The summed E-state index contributed by atoms with van der Waals surface area (Å²) in [5.74, 6) is -1.04. The van der Waals surface area contributed by atoms with Gasteiger partial charge in [0.2, 0.25) is 11.5 Å². The van der Waals surface area contributed by atoms with Gasteiger partial charge in [-0.2, -0.15) is 8.57 Å². The summed E-state index contributed by atoms with van der Waals surface area (Å²) >= 11 is 0.0589. The average molecular weight is 259 g/mol. The van der Waals surface area contributed by atoms with Crippen LogP contribution in [0.3, 0.4) is 0 Å². The molecule has 0 spiro atoms. The summed E-state index contributed by atoms with van der Waals surface area (Å²) in [5.41, 5.74) is 1.91. The van der Waals surface area contributed by atoms with Gasteiger partial charge in [-0.25, -0.2) is 4.79 Å². The lowest BCUT2D eigenvalue weighted by atomic mass is 9.99. The Morgan fingerprint density at radius 1 is 1.11 bits per heavy atom. The van der Waals surface area contributed by atoms with Gasteiger partial charge in [-0.05, 0) is 23.3 Å². The second kappa shape index (κ2) is 5.37. The molecule has 0 saturated heterocycles. The van der Waals surface area contributed by atoms with Gasteiger partial charge in [0.15, 0.2) is 0 Å². The summed E-state index contributed by atoms with van der Waals surface area (Å²) in [4.78, 5) is 11.2. The lowest BCUT2D eigenvalue weighted by Crippen LogP contribution is -1.99. The number of carboxylic acids is 1. The van der Waals surface area contributed by atoms with Crippen LogP contribution in [0.15, 0.2) is 52.9 Å². The predicted octanol–water partition coefficient (Wildman–Crippen LogP) is 3.08. The van der Waals surface area contributed by atoms with Crippen LogP contribution in [-0.4, -0.2) is 15.3 Å². The van der Waals surface area contributed by atoms with Gasteiger partial charge in [0.1, 0.15) is 0 Å². The van der Waals surface area contributed by atoms with Crippen LogP contribution in [0, 0.1) is 0 Å². The van der Waals surface area contributed by atoms with Crippen LogP contribution in [-0.2, 0) is 11.5 Å². The second-order valence-corrected chi connectivity index (χ2v) is 3.90. The van der Waals surface area contributed by atoms with Crippen molar-refractivity contribution in [3.63, 3.8) is 0 Å². The molecule has 0 heterocycles. The van der Waals surface area contributed by atoms with Crippen LogP contribution in [0.5, 0.6) is 0 Å². The van der Waals surface area contributed by atoms with E-state index in [1.165, 1.54) is 6.07 Å². The normalized spacial score (nSPS) is 9.78. The van der Waals surface area contributed by atoms with E-state index in [1.54, 1.807) is 12.1 Å². The molecule has 2 rings (SSSR count). The summed E-state index contributed by atoms with van der Waals surface area (Å²) in [6, 6.07) is 13.9. The number of carboxylic acid groups (broad SMARTS) is 1. The van der Waals surface area contributed by atoms with Crippen molar-refractivity contribution in [2.75, 3.05) is 0 Å². The van der Waals surface area contributed by atoms with Crippen molar-refractivity contribution < 1.29 is 14.1 Å². The maximum atomic E-state index is 11.2. The molecule has 0 radical (unpaired) electrons. The molecule has 0 bridgehead atoms. The third-order valence-electron chi connectivity index (χ3n) is 2.46. The lowest BCUT2D eigenvalue weighted by molar-refractivity contribution is 0.0698. The molecule has 0 aliphatic carbocycles. The number of hydrogen-bond donors (Lipinski definition) is 1. The van der Waals surface area contributed by atoms with Gasteiger partial charge in [-0.15, -0.1) is 0 Å². The third kappa shape index (κ3) is 2.52. The Morgan fingerprint density at radius 2 is 1.83 bits per heavy atom. The van der Waals surface area contributed by atoms with Gasteiger partial charge in [0.25, 0.3) is 0 Å². The Hall–Kier alpha value is -2.27. The Kier molecular flexibility index (Phi) is 3.64. The average Bonchev–Trinajstić information content (AvgIpc) is 2.40. The first-order valence-corrected chi connectivity index (χ1v) is 5.85. The molecule has 2 aromatic carbocycles. The minimum Gasteiger partial charge on any atom is -0.478 e. The lowest BCUT2D eigenvalue weighted by Gasteiger charge is -2.06. The summed E-state index contributed by atoms with van der Waals surface area (Å²) in [5, 5.41) is 9.19. The van der Waals surface area contributed by atoms with Crippen LogP contribution >= 0.6 is 0 Å². The van der Waals surface area contributed by atoms with E-state index in [9.17, 15) is 14.1 Å². The largest absolute Gasteiger partial charge is 0.478 e. The van der Waals surface area contributed by atoms with E-state index in [0.29, 0.717) is 11.3 Å². The number of aromatic carboxylic acids is 1. The summed E-state index contributed by atoms with van der Waals surface area (Å²) in [7, 11) is 0. The van der Waals surface area contributed by atoms with E-state index >= 15 is 0 Å². The molecule has 0 saturated carbocycles. The zero-order valence-corrected chi connectivity index (χ0v) is 10.1. The third-order valence-corrected chi connectivity index (χ3v) is 2.75. The van der Waals surface area contributed by atoms with Gasteiger partial charge >= 0.3 is 5.97 Å². The summed E-state index contributed by atoms with van der Waals surface area (Å²) in [6.45, 7) is 0. The number of rotatable bonds is 3. The first kappa shape index (κ1) is 12.2. The molecule has 2 aromatic rings. The van der Waals surface area contributed by atoms with Crippen LogP contribution in [0.25, 0.3) is 11.1 Å². The highest BCUT2D eigenvalue weighted by Crippen LogP contribution is 2.27. The molecule has 90 valence electrons. The zero-order valence-electron chi connectivity index (χ0n) is 9.24. The van der Waals surface area contributed by atoms with E-state index in [4.69, 9.17) is 0 Å². The first-order valence-electron chi connectivity index (χ1n) is 5.15. The SMILES string of the molecule is O=S=Nc1ccc(-c2ccccc2)c(C(=O)O)c1. The number of hydrogen-bond acceptors (Lipinski definition) is 3. The summed E-state index contributed by atoms with van der Waals surface area (Å²) < 4.78 is 13.9. The predicted molar refractivity (Wildman–Crippen MR) is 69.1 cm³/mol. The molecular formula is C13H9NO3S. The maximum absolute atomic E-state index is 11.2. The van der Waals surface area contributed by atoms with Crippen LogP contribution in [0.1, 0.15) is 10.4 Å². The van der Waals surface area contributed by atoms with Gasteiger partial charge in [0, 0.05) is 0 Å². The topological polar surface area (TPSA) is 66.7 Å². The molecule has 1 N–H and O–H groups in total. The maximum Gasteiger partial charge on any atom is 0.336 e. The van der Waals surface area contributed by atoms with E-state index in [-0.39, 0.29) is 17.0 Å². The highest BCUT2D eigenvalue weighted by atomic mass is 32.1. The van der Waals surface area contributed by atoms with Crippen LogP contribution in [0.2, 0.25) is 0 Å². The highest BCUT2D eigenvalue weighted by Gasteiger charge is 2.12. The molecule has 4 nitrogen and oxygen atoms in total. The minimum atomic E-state index is -1.04. The molecule has 0 fully saturated rings. The van der Waals surface area contributed by atoms with E-state index in [0.717, 1.165) is 5.56 Å². The fraction of sp³-hybridized carbons (Fsp3) is 0. The molecule has 0 aliphatic rings. The van der Waals surface area contributed by atoms with E-state index < -0.39 is 5.97 Å². The summed E-state index contributed by atoms with van der Waals surface area (Å²) in [6.07, 6.45) is 0. The second-order valence-electron chi connectivity index (χ2n) is 3.57. The molecule has 0 amide bonds.